The van der Waals surface area contributed by atoms with Crippen LogP contribution < -0.4 is 0 Å². The van der Waals surface area contributed by atoms with Gasteiger partial charge in [-0.05, 0) is 39.2 Å². The lowest BCUT2D eigenvalue weighted by molar-refractivity contribution is 1.35. The minimum Gasteiger partial charge on any atom is -0.256 e. The lowest BCUT2D eigenvalue weighted by Gasteiger charge is -2.06. The van der Waals surface area contributed by atoms with Gasteiger partial charge >= 0.3 is 0 Å². The second-order valence-corrected chi connectivity index (χ2v) is 5.27. The first-order valence-corrected chi connectivity index (χ1v) is 6.84. The summed E-state index contributed by atoms with van der Waals surface area (Å²) in [6.45, 7) is 0. The highest BCUT2D eigenvalue weighted by Crippen LogP contribution is 2.47. The maximum atomic E-state index is 4.61. The molecule has 4 aromatic rings. The van der Waals surface area contributed by atoms with Crippen molar-refractivity contribution in [2.45, 2.75) is 0 Å². The van der Waals surface area contributed by atoms with Gasteiger partial charge in [-0.3, -0.25) is 4.98 Å². The van der Waals surface area contributed by atoms with Gasteiger partial charge in [0.05, 0.1) is 5.69 Å². The summed E-state index contributed by atoms with van der Waals surface area (Å²) < 4.78 is 0. The molecule has 1 aromatic heterocycles. The minimum absolute atomic E-state index is 1.12. The monoisotopic (exact) mass is 253 g/mol. The van der Waals surface area contributed by atoms with Crippen LogP contribution in [0.3, 0.4) is 0 Å². The first-order chi connectivity index (χ1) is 9.93. The SMILES string of the molecule is c1cnc2c(c1)-c1cccc3c1c-2cc1ccccc13. The van der Waals surface area contributed by atoms with Crippen LogP contribution >= 0.6 is 0 Å². The highest BCUT2D eigenvalue weighted by atomic mass is 14.7. The third kappa shape index (κ3) is 1.11. The Hall–Kier alpha value is -2.67. The fourth-order valence-electron chi connectivity index (χ4n) is 3.41. The van der Waals surface area contributed by atoms with E-state index in [1.54, 1.807) is 0 Å². The van der Waals surface area contributed by atoms with Gasteiger partial charge in [0, 0.05) is 17.3 Å². The number of hydrogen-bond acceptors (Lipinski definition) is 1. The van der Waals surface area contributed by atoms with Crippen molar-refractivity contribution in [3.05, 3.63) is 66.9 Å². The standard InChI is InChI=1S/C19H11N/c1-2-6-13-12(5-1)11-17-18-14(13)7-3-8-15(18)16-9-4-10-20-19(16)17/h1-11H. The minimum atomic E-state index is 1.12. The lowest BCUT2D eigenvalue weighted by Crippen LogP contribution is -1.81. The van der Waals surface area contributed by atoms with Gasteiger partial charge in [-0.15, -0.1) is 0 Å². The van der Waals surface area contributed by atoms with E-state index in [0.29, 0.717) is 0 Å². The van der Waals surface area contributed by atoms with Gasteiger partial charge in [0.15, 0.2) is 0 Å². The molecule has 0 bridgehead atoms. The van der Waals surface area contributed by atoms with Crippen molar-refractivity contribution >= 4 is 21.5 Å². The van der Waals surface area contributed by atoms with Crippen molar-refractivity contribution in [3.63, 3.8) is 0 Å². The number of hydrogen-bond donors (Lipinski definition) is 0. The zero-order chi connectivity index (χ0) is 13.1. The molecule has 1 heterocycles. The third-order valence-corrected chi connectivity index (χ3v) is 4.24. The molecule has 0 spiro atoms. The van der Waals surface area contributed by atoms with Crippen LogP contribution in [0, 0.1) is 0 Å². The number of rotatable bonds is 0. The Morgan fingerprint density at radius 3 is 2.50 bits per heavy atom. The number of benzene rings is 3. The predicted molar refractivity (Wildman–Crippen MR) is 83.7 cm³/mol. The highest BCUT2D eigenvalue weighted by molar-refractivity contribution is 6.22. The smallest absolute Gasteiger partial charge is 0.0787 e. The zero-order valence-electron chi connectivity index (χ0n) is 10.8. The summed E-state index contributed by atoms with van der Waals surface area (Å²) in [6, 6.07) is 21.6. The Morgan fingerprint density at radius 2 is 1.50 bits per heavy atom. The van der Waals surface area contributed by atoms with Gasteiger partial charge in [0.2, 0.25) is 0 Å². The van der Waals surface area contributed by atoms with Gasteiger partial charge in [0.1, 0.15) is 0 Å². The molecule has 1 heteroatoms. The van der Waals surface area contributed by atoms with Crippen LogP contribution in [0.4, 0.5) is 0 Å². The Morgan fingerprint density at radius 1 is 0.650 bits per heavy atom. The Balaban J connectivity index is 2.12. The van der Waals surface area contributed by atoms with E-state index in [1.165, 1.54) is 38.2 Å². The molecular formula is C19H11N. The second kappa shape index (κ2) is 3.45. The van der Waals surface area contributed by atoms with Crippen molar-refractivity contribution in [2.75, 3.05) is 0 Å². The topological polar surface area (TPSA) is 12.9 Å². The van der Waals surface area contributed by atoms with Gasteiger partial charge in [-0.2, -0.15) is 0 Å². The Kier molecular flexibility index (Phi) is 1.75. The van der Waals surface area contributed by atoms with Crippen molar-refractivity contribution in [1.29, 1.82) is 0 Å². The molecule has 0 saturated carbocycles. The summed E-state index contributed by atoms with van der Waals surface area (Å²) in [5, 5.41) is 5.28. The van der Waals surface area contributed by atoms with E-state index >= 15 is 0 Å². The van der Waals surface area contributed by atoms with Crippen LogP contribution in [0.1, 0.15) is 0 Å². The van der Waals surface area contributed by atoms with E-state index in [0.717, 1.165) is 5.69 Å². The third-order valence-electron chi connectivity index (χ3n) is 4.24. The molecule has 0 aliphatic heterocycles. The van der Waals surface area contributed by atoms with Crippen LogP contribution in [0.2, 0.25) is 0 Å². The molecule has 0 atom stereocenters. The predicted octanol–water partition coefficient (Wildman–Crippen LogP) is 5.04. The molecule has 0 radical (unpaired) electrons. The summed E-state index contributed by atoms with van der Waals surface area (Å²) in [5.41, 5.74) is 4.95. The van der Waals surface area contributed by atoms with E-state index in [9.17, 15) is 0 Å². The Labute approximate surface area is 116 Å². The lowest BCUT2D eigenvalue weighted by atomic mass is 9.97. The van der Waals surface area contributed by atoms with Gasteiger partial charge in [-0.1, -0.05) is 48.5 Å². The molecular weight excluding hydrogens is 242 g/mol. The molecule has 1 nitrogen and oxygen atoms in total. The normalized spacial score (nSPS) is 12.0. The molecule has 0 fully saturated rings. The fourth-order valence-corrected chi connectivity index (χ4v) is 3.41. The fraction of sp³-hybridized carbons (Fsp3) is 0. The zero-order valence-corrected chi connectivity index (χ0v) is 10.8. The maximum Gasteiger partial charge on any atom is 0.0787 e. The average molecular weight is 253 g/mol. The molecule has 1 aliphatic carbocycles. The number of fused-ring (bicyclic) bond motifs is 5. The van der Waals surface area contributed by atoms with E-state index in [1.807, 2.05) is 12.3 Å². The quantitative estimate of drug-likeness (QED) is 0.352. The van der Waals surface area contributed by atoms with Crippen LogP contribution in [0.15, 0.2) is 66.9 Å². The molecule has 0 N–H and O–H groups in total. The van der Waals surface area contributed by atoms with Gasteiger partial charge in [-0.25, -0.2) is 0 Å². The molecule has 3 aromatic carbocycles. The second-order valence-electron chi connectivity index (χ2n) is 5.27. The van der Waals surface area contributed by atoms with Crippen molar-refractivity contribution in [3.8, 4) is 22.4 Å². The molecule has 5 rings (SSSR count). The number of aromatic nitrogens is 1. The largest absolute Gasteiger partial charge is 0.256 e. The number of nitrogens with zero attached hydrogens (tertiary/aromatic N) is 1. The first kappa shape index (κ1) is 10.2. The van der Waals surface area contributed by atoms with Crippen molar-refractivity contribution in [1.82, 2.24) is 4.98 Å². The highest BCUT2D eigenvalue weighted by Gasteiger charge is 2.22. The maximum absolute atomic E-state index is 4.61. The van der Waals surface area contributed by atoms with E-state index in [-0.39, 0.29) is 0 Å². The van der Waals surface area contributed by atoms with Crippen LogP contribution in [-0.4, -0.2) is 4.98 Å². The number of pyridine rings is 1. The summed E-state index contributed by atoms with van der Waals surface area (Å²) in [5.74, 6) is 0. The molecule has 0 amide bonds. The molecule has 20 heavy (non-hydrogen) atoms. The van der Waals surface area contributed by atoms with Crippen LogP contribution in [0.5, 0.6) is 0 Å². The van der Waals surface area contributed by atoms with E-state index in [4.69, 9.17) is 0 Å². The van der Waals surface area contributed by atoms with Gasteiger partial charge < -0.3 is 0 Å². The van der Waals surface area contributed by atoms with Crippen LogP contribution in [-0.2, 0) is 0 Å². The summed E-state index contributed by atoms with van der Waals surface area (Å²) >= 11 is 0. The van der Waals surface area contributed by atoms with E-state index < -0.39 is 0 Å². The first-order valence-electron chi connectivity index (χ1n) is 6.84. The molecule has 0 saturated heterocycles. The molecule has 1 aliphatic rings. The van der Waals surface area contributed by atoms with Crippen LogP contribution in [0.25, 0.3) is 43.9 Å². The van der Waals surface area contributed by atoms with Gasteiger partial charge in [0.25, 0.3) is 0 Å². The Bertz CT molecular complexity index is 999. The summed E-state index contributed by atoms with van der Waals surface area (Å²) in [4.78, 5) is 4.61. The summed E-state index contributed by atoms with van der Waals surface area (Å²) in [7, 11) is 0. The summed E-state index contributed by atoms with van der Waals surface area (Å²) in [6.07, 6.45) is 1.88. The van der Waals surface area contributed by atoms with Crippen molar-refractivity contribution in [2.24, 2.45) is 0 Å². The van der Waals surface area contributed by atoms with Crippen molar-refractivity contribution < 1.29 is 0 Å². The van der Waals surface area contributed by atoms with E-state index in [2.05, 4.69) is 59.6 Å². The molecule has 0 unspecified atom stereocenters. The molecule has 92 valence electrons. The average Bonchev–Trinajstić information content (AvgIpc) is 2.84.